The molecule has 0 radical (unpaired) electrons. The molecule has 1 unspecified atom stereocenters. The van der Waals surface area contributed by atoms with Gasteiger partial charge in [-0.05, 0) is 86.6 Å². The van der Waals surface area contributed by atoms with E-state index in [0.29, 0.717) is 41.1 Å². The molecule has 0 bridgehead atoms. The summed E-state index contributed by atoms with van der Waals surface area (Å²) in [5.41, 5.74) is 1.89. The quantitative estimate of drug-likeness (QED) is 0.320. The molecule has 36 heavy (non-hydrogen) atoms. The lowest BCUT2D eigenvalue weighted by atomic mass is 10.1. The monoisotopic (exact) mass is 504 g/mol. The van der Waals surface area contributed by atoms with Gasteiger partial charge in [0.15, 0.2) is 11.0 Å². The summed E-state index contributed by atoms with van der Waals surface area (Å²) in [5, 5.41) is -0.0755. The lowest BCUT2D eigenvalue weighted by Gasteiger charge is -2.17. The Hall–Kier alpha value is -3.78. The Morgan fingerprint density at radius 2 is 1.42 bits per heavy atom. The Kier molecular flexibility index (Phi) is 8.28. The number of ether oxygens (including phenoxy) is 3. The van der Waals surface area contributed by atoms with Crippen LogP contribution in [0.1, 0.15) is 30.6 Å². The molecule has 0 saturated carbocycles. The second-order valence-electron chi connectivity index (χ2n) is 7.88. The third kappa shape index (κ3) is 5.88. The zero-order chi connectivity index (χ0) is 25.5. The fourth-order valence-corrected chi connectivity index (χ4v) is 4.88. The average molecular weight is 505 g/mol. The van der Waals surface area contributed by atoms with Crippen LogP contribution in [0.15, 0.2) is 77.8 Å². The number of amides is 1. The number of methoxy groups -OCH3 is 1. The third-order valence-corrected chi connectivity index (χ3v) is 6.63. The molecule has 0 aliphatic carbocycles. The van der Waals surface area contributed by atoms with E-state index in [0.717, 1.165) is 11.5 Å². The molecular formula is C28H28N2O5S. The number of hydrogen-bond donors (Lipinski definition) is 0. The van der Waals surface area contributed by atoms with E-state index in [9.17, 15) is 9.59 Å². The molecule has 0 aromatic heterocycles. The molecule has 4 rings (SSSR count). The summed E-state index contributed by atoms with van der Waals surface area (Å²) < 4.78 is 16.2. The number of nitrogens with zero attached hydrogens (tertiary/aromatic N) is 2. The van der Waals surface area contributed by atoms with Gasteiger partial charge in [0.05, 0.1) is 36.9 Å². The molecule has 1 atom stereocenters. The second kappa shape index (κ2) is 11.8. The van der Waals surface area contributed by atoms with Gasteiger partial charge in [-0.2, -0.15) is 0 Å². The van der Waals surface area contributed by atoms with Gasteiger partial charge in [-0.25, -0.2) is 4.99 Å². The highest BCUT2D eigenvalue weighted by molar-refractivity contribution is 8.16. The summed E-state index contributed by atoms with van der Waals surface area (Å²) in [4.78, 5) is 32.8. The molecule has 1 heterocycles. The topological polar surface area (TPSA) is 77.4 Å². The average Bonchev–Trinajstić information content (AvgIpc) is 3.20. The van der Waals surface area contributed by atoms with Crippen LogP contribution in [0.25, 0.3) is 0 Å². The van der Waals surface area contributed by atoms with Crippen LogP contribution in [0.3, 0.4) is 0 Å². The van der Waals surface area contributed by atoms with Crippen molar-refractivity contribution in [3.8, 4) is 17.2 Å². The number of carbonyl (C=O) groups excluding carboxylic acids is 2. The van der Waals surface area contributed by atoms with Crippen LogP contribution in [0.2, 0.25) is 0 Å². The van der Waals surface area contributed by atoms with Crippen LogP contribution in [-0.4, -0.2) is 42.4 Å². The maximum Gasteiger partial charge on any atom is 0.247 e. The van der Waals surface area contributed by atoms with E-state index in [1.54, 1.807) is 36.3 Å². The molecule has 1 aliphatic rings. The minimum absolute atomic E-state index is 0.0612. The van der Waals surface area contributed by atoms with E-state index in [-0.39, 0.29) is 18.1 Å². The van der Waals surface area contributed by atoms with Crippen molar-refractivity contribution >= 4 is 40.0 Å². The van der Waals surface area contributed by atoms with Gasteiger partial charge in [0, 0.05) is 12.0 Å². The highest BCUT2D eigenvalue weighted by atomic mass is 32.2. The number of thioether (sulfide) groups is 1. The van der Waals surface area contributed by atoms with E-state index in [4.69, 9.17) is 19.2 Å². The maximum atomic E-state index is 13.5. The molecule has 3 aromatic rings. The molecule has 0 N–H and O–H groups in total. The van der Waals surface area contributed by atoms with Crippen molar-refractivity contribution in [1.29, 1.82) is 0 Å². The molecule has 7 nitrogen and oxygen atoms in total. The Balaban J connectivity index is 1.61. The molecular weight excluding hydrogens is 476 g/mol. The number of benzene rings is 3. The molecule has 0 spiro atoms. The second-order valence-corrected chi connectivity index (χ2v) is 9.05. The number of rotatable bonds is 10. The smallest absolute Gasteiger partial charge is 0.247 e. The number of amidine groups is 1. The maximum absolute atomic E-state index is 13.5. The Bertz CT molecular complexity index is 1220. The third-order valence-electron chi connectivity index (χ3n) is 5.50. The first kappa shape index (κ1) is 25.3. The van der Waals surface area contributed by atoms with Crippen molar-refractivity contribution in [2.24, 2.45) is 4.99 Å². The molecule has 1 fully saturated rings. The largest absolute Gasteiger partial charge is 0.497 e. The van der Waals surface area contributed by atoms with Gasteiger partial charge in [-0.1, -0.05) is 11.8 Å². The van der Waals surface area contributed by atoms with Crippen LogP contribution in [0.4, 0.5) is 11.4 Å². The van der Waals surface area contributed by atoms with Crippen molar-refractivity contribution in [3.63, 3.8) is 0 Å². The summed E-state index contributed by atoms with van der Waals surface area (Å²) in [6.07, 6.45) is 0.0612. The zero-order valence-electron chi connectivity index (χ0n) is 20.5. The highest BCUT2D eigenvalue weighted by Crippen LogP contribution is 2.36. The van der Waals surface area contributed by atoms with Gasteiger partial charge < -0.3 is 14.2 Å². The number of Topliss-reactive ketones (excluding diaryl/α,β-unsaturated/α-hetero) is 1. The minimum Gasteiger partial charge on any atom is -0.497 e. The van der Waals surface area contributed by atoms with E-state index < -0.39 is 5.25 Å². The lowest BCUT2D eigenvalue weighted by molar-refractivity contribution is -0.116. The lowest BCUT2D eigenvalue weighted by Crippen LogP contribution is -2.32. The standard InChI is InChI=1S/C28H28N2O5S/c1-4-34-23-14-8-20(9-15-23)29-28-30(21-10-16-24(17-11-21)35-5-2)27(32)26(36-28)18-25(31)19-6-12-22(33-3)13-7-19/h6-17,26H,4-5,18H2,1-3H3. The van der Waals surface area contributed by atoms with Gasteiger partial charge in [0.2, 0.25) is 5.91 Å². The van der Waals surface area contributed by atoms with Crippen LogP contribution < -0.4 is 19.1 Å². The summed E-state index contributed by atoms with van der Waals surface area (Å²) in [6, 6.07) is 21.6. The van der Waals surface area contributed by atoms with Crippen LogP contribution >= 0.6 is 11.8 Å². The fourth-order valence-electron chi connectivity index (χ4n) is 3.73. The minimum atomic E-state index is -0.590. The first-order chi connectivity index (χ1) is 17.5. The zero-order valence-corrected chi connectivity index (χ0v) is 21.3. The van der Waals surface area contributed by atoms with Crippen LogP contribution in [0.5, 0.6) is 17.2 Å². The number of carbonyl (C=O) groups is 2. The Morgan fingerprint density at radius 1 is 0.861 bits per heavy atom. The molecule has 1 amide bonds. The van der Waals surface area contributed by atoms with Crippen molar-refractivity contribution in [3.05, 3.63) is 78.4 Å². The summed E-state index contributed by atoms with van der Waals surface area (Å²) in [6.45, 7) is 4.98. The van der Waals surface area contributed by atoms with E-state index >= 15 is 0 Å². The molecule has 1 aliphatic heterocycles. The van der Waals surface area contributed by atoms with Crippen molar-refractivity contribution in [1.82, 2.24) is 0 Å². The van der Waals surface area contributed by atoms with Gasteiger partial charge in [0.25, 0.3) is 0 Å². The number of hydrogen-bond acceptors (Lipinski definition) is 7. The van der Waals surface area contributed by atoms with Crippen LogP contribution in [0, 0.1) is 0 Å². The number of anilines is 1. The Labute approximate surface area is 215 Å². The van der Waals surface area contributed by atoms with E-state index in [2.05, 4.69) is 0 Å². The summed E-state index contributed by atoms with van der Waals surface area (Å²) in [5.74, 6) is 1.84. The van der Waals surface area contributed by atoms with Gasteiger partial charge in [-0.3, -0.25) is 14.5 Å². The van der Waals surface area contributed by atoms with E-state index in [1.807, 2.05) is 62.4 Å². The van der Waals surface area contributed by atoms with Gasteiger partial charge in [0.1, 0.15) is 17.2 Å². The van der Waals surface area contributed by atoms with Crippen molar-refractivity contribution in [2.45, 2.75) is 25.5 Å². The predicted molar refractivity (Wildman–Crippen MR) is 143 cm³/mol. The predicted octanol–water partition coefficient (Wildman–Crippen LogP) is 5.90. The van der Waals surface area contributed by atoms with E-state index in [1.165, 1.54) is 11.8 Å². The SMILES string of the molecule is CCOc1ccc(N=C2SC(CC(=O)c3ccc(OC)cc3)C(=O)N2c2ccc(OCC)cc2)cc1. The van der Waals surface area contributed by atoms with Gasteiger partial charge >= 0.3 is 0 Å². The summed E-state index contributed by atoms with van der Waals surface area (Å²) in [7, 11) is 1.57. The Morgan fingerprint density at radius 3 is 1.97 bits per heavy atom. The highest BCUT2D eigenvalue weighted by Gasteiger charge is 2.40. The van der Waals surface area contributed by atoms with Crippen LogP contribution in [-0.2, 0) is 4.79 Å². The molecule has 8 heteroatoms. The first-order valence-corrected chi connectivity index (χ1v) is 12.6. The molecule has 186 valence electrons. The number of ketones is 1. The van der Waals surface area contributed by atoms with Crippen molar-refractivity contribution < 1.29 is 23.8 Å². The molecule has 1 saturated heterocycles. The fraction of sp³-hybridized carbons (Fsp3) is 0.250. The van der Waals surface area contributed by atoms with Gasteiger partial charge in [-0.15, -0.1) is 0 Å². The first-order valence-electron chi connectivity index (χ1n) is 11.7. The normalized spacial score (nSPS) is 16.3. The summed E-state index contributed by atoms with van der Waals surface area (Å²) >= 11 is 1.29. The number of aliphatic imine (C=N–C) groups is 1. The van der Waals surface area contributed by atoms with Crippen molar-refractivity contribution in [2.75, 3.05) is 25.2 Å². The molecule has 3 aromatic carbocycles.